The van der Waals surface area contributed by atoms with Crippen molar-refractivity contribution >= 4 is 0 Å². The van der Waals surface area contributed by atoms with Crippen LogP contribution in [0.1, 0.15) is 32.2 Å². The number of hydrogen-bond donors (Lipinski definition) is 1. The van der Waals surface area contributed by atoms with Crippen LogP contribution in [0.3, 0.4) is 0 Å². The van der Waals surface area contributed by atoms with Crippen LogP contribution >= 0.6 is 0 Å². The molecule has 1 rings (SSSR count). The van der Waals surface area contributed by atoms with Crippen LogP contribution in [0.15, 0.2) is 6.07 Å². The van der Waals surface area contributed by atoms with E-state index in [-0.39, 0.29) is 11.6 Å². The lowest BCUT2D eigenvalue weighted by Gasteiger charge is -2.32. The molecule has 0 radical (unpaired) electrons. The smallest absolute Gasteiger partial charge is 0.0778 e. The van der Waals surface area contributed by atoms with E-state index >= 15 is 0 Å². The molecule has 0 aliphatic heterocycles. The summed E-state index contributed by atoms with van der Waals surface area (Å²) in [7, 11) is 5.73. The van der Waals surface area contributed by atoms with Crippen LogP contribution in [-0.4, -0.2) is 35.6 Å². The van der Waals surface area contributed by atoms with E-state index in [2.05, 4.69) is 37.3 Å². The highest BCUT2D eigenvalue weighted by Gasteiger charge is 2.28. The van der Waals surface area contributed by atoms with Crippen LogP contribution in [0.2, 0.25) is 0 Å². The minimum Gasteiger partial charge on any atom is -0.377 e. The van der Waals surface area contributed by atoms with Crippen LogP contribution in [0, 0.1) is 0 Å². The summed E-state index contributed by atoms with van der Waals surface area (Å²) in [6.45, 7) is 6.33. The summed E-state index contributed by atoms with van der Waals surface area (Å²) < 4.78 is 7.51. The zero-order chi connectivity index (χ0) is 13.1. The van der Waals surface area contributed by atoms with Gasteiger partial charge in [-0.15, -0.1) is 0 Å². The summed E-state index contributed by atoms with van der Waals surface area (Å²) in [5.74, 6) is 0. The van der Waals surface area contributed by atoms with Gasteiger partial charge in [0.25, 0.3) is 0 Å². The monoisotopic (exact) mass is 239 g/mol. The standard InChI is InChI=1S/C13H25N3O/c1-7-10-8-11(16(5)15-10)9-12(14-4)13(2,3)17-6/h8,12,14H,7,9H2,1-6H3. The van der Waals surface area contributed by atoms with Crippen molar-refractivity contribution in [2.24, 2.45) is 7.05 Å². The van der Waals surface area contributed by atoms with Gasteiger partial charge in [-0.3, -0.25) is 4.68 Å². The minimum atomic E-state index is -0.189. The number of ether oxygens (including phenoxy) is 1. The van der Waals surface area contributed by atoms with E-state index in [1.807, 2.05) is 18.8 Å². The Labute approximate surface area is 104 Å². The fraction of sp³-hybridized carbons (Fsp3) is 0.769. The molecule has 0 aromatic carbocycles. The molecule has 0 aliphatic rings. The van der Waals surface area contributed by atoms with Crippen molar-refractivity contribution in [3.05, 3.63) is 17.5 Å². The Bertz CT molecular complexity index is 358. The highest BCUT2D eigenvalue weighted by molar-refractivity contribution is 5.12. The minimum absolute atomic E-state index is 0.189. The zero-order valence-electron chi connectivity index (χ0n) is 11.9. The van der Waals surface area contributed by atoms with Crippen LogP contribution in [0.5, 0.6) is 0 Å². The number of nitrogens with one attached hydrogen (secondary N) is 1. The zero-order valence-corrected chi connectivity index (χ0v) is 11.9. The molecule has 0 aliphatic carbocycles. The molecule has 0 bridgehead atoms. The first-order valence-electron chi connectivity index (χ1n) is 6.18. The van der Waals surface area contributed by atoms with Crippen molar-refractivity contribution in [1.82, 2.24) is 15.1 Å². The van der Waals surface area contributed by atoms with E-state index in [0.717, 1.165) is 18.5 Å². The number of likely N-dealkylation sites (N-methyl/N-ethyl adjacent to an activating group) is 1. The molecule has 4 heteroatoms. The summed E-state index contributed by atoms with van der Waals surface area (Å²) in [4.78, 5) is 0. The van der Waals surface area contributed by atoms with Gasteiger partial charge < -0.3 is 10.1 Å². The average Bonchev–Trinajstić information content (AvgIpc) is 2.66. The highest BCUT2D eigenvalue weighted by atomic mass is 16.5. The van der Waals surface area contributed by atoms with E-state index in [9.17, 15) is 0 Å². The maximum Gasteiger partial charge on any atom is 0.0778 e. The van der Waals surface area contributed by atoms with E-state index in [0.29, 0.717) is 0 Å². The maximum atomic E-state index is 5.54. The molecule has 1 N–H and O–H groups in total. The van der Waals surface area contributed by atoms with Gasteiger partial charge in [0.2, 0.25) is 0 Å². The second-order valence-electron chi connectivity index (χ2n) is 4.96. The summed E-state index contributed by atoms with van der Waals surface area (Å²) in [6.07, 6.45) is 1.90. The molecule has 0 saturated heterocycles. The number of rotatable bonds is 6. The van der Waals surface area contributed by atoms with E-state index in [1.54, 1.807) is 7.11 Å². The van der Waals surface area contributed by atoms with Crippen molar-refractivity contribution < 1.29 is 4.74 Å². The van der Waals surface area contributed by atoms with Gasteiger partial charge in [-0.05, 0) is 33.4 Å². The van der Waals surface area contributed by atoms with E-state index in [1.165, 1.54) is 5.69 Å². The third-order valence-corrected chi connectivity index (χ3v) is 3.52. The van der Waals surface area contributed by atoms with Gasteiger partial charge in [-0.1, -0.05) is 6.92 Å². The Morgan fingerprint density at radius 2 is 2.18 bits per heavy atom. The van der Waals surface area contributed by atoms with Crippen LogP contribution in [0.4, 0.5) is 0 Å². The Morgan fingerprint density at radius 1 is 1.53 bits per heavy atom. The summed E-state index contributed by atoms with van der Waals surface area (Å²) in [6, 6.07) is 2.45. The molecule has 4 nitrogen and oxygen atoms in total. The molecule has 0 saturated carbocycles. The van der Waals surface area contributed by atoms with Gasteiger partial charge in [0.1, 0.15) is 0 Å². The van der Waals surface area contributed by atoms with Crippen molar-refractivity contribution in [2.75, 3.05) is 14.2 Å². The number of aryl methyl sites for hydroxylation is 2. The molecule has 1 aromatic heterocycles. The van der Waals surface area contributed by atoms with Gasteiger partial charge >= 0.3 is 0 Å². The molecule has 1 aromatic rings. The van der Waals surface area contributed by atoms with Gasteiger partial charge in [0.05, 0.1) is 11.3 Å². The first kappa shape index (κ1) is 14.2. The SMILES string of the molecule is CCc1cc(CC(NC)C(C)(C)OC)n(C)n1. The van der Waals surface area contributed by atoms with E-state index in [4.69, 9.17) is 4.74 Å². The molecule has 0 spiro atoms. The predicted octanol–water partition coefficient (Wildman–Crippen LogP) is 1.54. The Balaban J connectivity index is 2.84. The van der Waals surface area contributed by atoms with Gasteiger partial charge in [0.15, 0.2) is 0 Å². The van der Waals surface area contributed by atoms with Gasteiger partial charge in [-0.25, -0.2) is 0 Å². The largest absolute Gasteiger partial charge is 0.377 e. The lowest BCUT2D eigenvalue weighted by molar-refractivity contribution is -0.00841. The molecule has 17 heavy (non-hydrogen) atoms. The number of hydrogen-bond acceptors (Lipinski definition) is 3. The summed E-state index contributed by atoms with van der Waals surface area (Å²) in [5.41, 5.74) is 2.20. The molecular weight excluding hydrogens is 214 g/mol. The summed E-state index contributed by atoms with van der Waals surface area (Å²) >= 11 is 0. The van der Waals surface area contributed by atoms with Crippen molar-refractivity contribution in [1.29, 1.82) is 0 Å². The average molecular weight is 239 g/mol. The molecule has 98 valence electrons. The maximum absolute atomic E-state index is 5.54. The normalized spacial score (nSPS) is 14.0. The Morgan fingerprint density at radius 3 is 2.59 bits per heavy atom. The predicted molar refractivity (Wildman–Crippen MR) is 70.2 cm³/mol. The third kappa shape index (κ3) is 3.30. The van der Waals surface area contributed by atoms with Gasteiger partial charge in [0, 0.05) is 32.3 Å². The van der Waals surface area contributed by atoms with Crippen LogP contribution < -0.4 is 5.32 Å². The number of aromatic nitrogens is 2. The Hall–Kier alpha value is -0.870. The lowest BCUT2D eigenvalue weighted by Crippen LogP contribution is -2.48. The molecular formula is C13H25N3O. The van der Waals surface area contributed by atoms with Crippen LogP contribution in [0.25, 0.3) is 0 Å². The second kappa shape index (κ2) is 5.65. The number of nitrogens with zero attached hydrogens (tertiary/aromatic N) is 2. The van der Waals surface area contributed by atoms with Crippen molar-refractivity contribution in [3.8, 4) is 0 Å². The topological polar surface area (TPSA) is 39.1 Å². The third-order valence-electron chi connectivity index (χ3n) is 3.52. The molecule has 1 atom stereocenters. The first-order valence-corrected chi connectivity index (χ1v) is 6.18. The quantitative estimate of drug-likeness (QED) is 0.818. The lowest BCUT2D eigenvalue weighted by atomic mass is 9.94. The van der Waals surface area contributed by atoms with E-state index < -0.39 is 0 Å². The van der Waals surface area contributed by atoms with Crippen molar-refractivity contribution in [2.45, 2.75) is 45.3 Å². The molecule has 1 unspecified atom stereocenters. The first-order chi connectivity index (χ1) is 7.94. The summed E-state index contributed by atoms with van der Waals surface area (Å²) in [5, 5.41) is 7.80. The molecule has 0 fully saturated rings. The van der Waals surface area contributed by atoms with Crippen molar-refractivity contribution in [3.63, 3.8) is 0 Å². The fourth-order valence-electron chi connectivity index (χ4n) is 1.98. The Kier molecular flexibility index (Phi) is 4.71. The molecule has 1 heterocycles. The highest BCUT2D eigenvalue weighted by Crippen LogP contribution is 2.18. The second-order valence-corrected chi connectivity index (χ2v) is 4.96. The van der Waals surface area contributed by atoms with Crippen LogP contribution in [-0.2, 0) is 24.6 Å². The van der Waals surface area contributed by atoms with Gasteiger partial charge in [-0.2, -0.15) is 5.10 Å². The number of methoxy groups -OCH3 is 1. The fourth-order valence-corrected chi connectivity index (χ4v) is 1.98. The molecule has 0 amide bonds.